The Morgan fingerprint density at radius 2 is 1.20 bits per heavy atom. The lowest BCUT2D eigenvalue weighted by Gasteiger charge is -2.17. The van der Waals surface area contributed by atoms with Gasteiger partial charge in [0.2, 0.25) is 5.91 Å². The number of fused-ring (bicyclic) bond motifs is 2. The zero-order chi connectivity index (χ0) is 34.8. The van der Waals surface area contributed by atoms with Crippen molar-refractivity contribution < 1.29 is 19.1 Å². The first-order chi connectivity index (χ1) is 23.0. The topological polar surface area (TPSA) is 153 Å². The van der Waals surface area contributed by atoms with Gasteiger partial charge in [0.15, 0.2) is 11.6 Å². The Hall–Kier alpha value is -5.21. The lowest BCUT2D eigenvalue weighted by atomic mass is 10.2. The minimum Gasteiger partial charge on any atom is -0.394 e. The lowest BCUT2D eigenvalue weighted by molar-refractivity contribution is -0.156. The van der Waals surface area contributed by atoms with Crippen LogP contribution < -0.4 is 10.2 Å². The Kier molecular flexibility index (Phi) is 13.9. The number of esters is 2. The second-order valence-electron chi connectivity index (χ2n) is 9.99. The van der Waals surface area contributed by atoms with Crippen LogP contribution in [-0.2, 0) is 19.1 Å². The average Bonchev–Trinajstić information content (AvgIpc) is 3.07. The number of carbonyl (C=O) groups is 3. The van der Waals surface area contributed by atoms with Crippen molar-refractivity contribution in [3.63, 3.8) is 0 Å². The van der Waals surface area contributed by atoms with E-state index < -0.39 is 11.9 Å². The molecule has 0 aliphatic heterocycles. The van der Waals surface area contributed by atoms with Gasteiger partial charge < -0.3 is 10.1 Å². The van der Waals surface area contributed by atoms with Gasteiger partial charge in [0.05, 0.1) is 11.0 Å². The molecule has 0 fully saturated rings. The zero-order valence-electron chi connectivity index (χ0n) is 26.6. The summed E-state index contributed by atoms with van der Waals surface area (Å²) in [6.07, 6.45) is 6.90. The van der Waals surface area contributed by atoms with Gasteiger partial charge in [-0.05, 0) is 60.7 Å². The number of benzene rings is 2. The molecule has 6 rings (SSSR count). The minimum absolute atomic E-state index is 0. The van der Waals surface area contributed by atoms with Crippen molar-refractivity contribution in [1.82, 2.24) is 29.9 Å². The van der Waals surface area contributed by atoms with Gasteiger partial charge >= 0.3 is 11.9 Å². The highest BCUT2D eigenvalue weighted by Gasteiger charge is 2.16. The summed E-state index contributed by atoms with van der Waals surface area (Å²) in [5.74, 6) is 1.40. The molecule has 6 aromatic rings. The Morgan fingerprint density at radius 3 is 1.63 bits per heavy atom. The van der Waals surface area contributed by atoms with Crippen molar-refractivity contribution in [2.24, 2.45) is 0 Å². The van der Waals surface area contributed by atoms with Gasteiger partial charge in [-0.1, -0.05) is 39.3 Å². The summed E-state index contributed by atoms with van der Waals surface area (Å²) in [6, 6.07) is 19.2. The molecular formula is C35H34Br2N8O4. The van der Waals surface area contributed by atoms with Crippen molar-refractivity contribution in [3.8, 4) is 22.8 Å². The van der Waals surface area contributed by atoms with E-state index in [1.165, 1.54) is 25.7 Å². The average molecular weight is 791 g/mol. The number of amides is 1. The van der Waals surface area contributed by atoms with Crippen LogP contribution in [0.3, 0.4) is 0 Å². The van der Waals surface area contributed by atoms with Crippen molar-refractivity contribution in [1.29, 1.82) is 0 Å². The number of halogens is 2. The maximum Gasteiger partial charge on any atom is 0.310 e. The van der Waals surface area contributed by atoms with Crippen LogP contribution in [0, 0.1) is 0 Å². The van der Waals surface area contributed by atoms with E-state index in [2.05, 4.69) is 71.8 Å². The molecular weight excluding hydrogens is 756 g/mol. The van der Waals surface area contributed by atoms with E-state index >= 15 is 0 Å². The lowest BCUT2D eigenvalue weighted by Crippen LogP contribution is -2.24. The number of hydrogen-bond donors (Lipinski definition) is 1. The third-order valence-electron chi connectivity index (χ3n) is 6.45. The molecule has 1 N–H and O–H groups in total. The highest BCUT2D eigenvalue weighted by Crippen LogP contribution is 2.29. The molecule has 49 heavy (non-hydrogen) atoms. The van der Waals surface area contributed by atoms with Gasteiger partial charge in [0.25, 0.3) is 0 Å². The van der Waals surface area contributed by atoms with E-state index in [1.807, 2.05) is 67.7 Å². The molecule has 0 bridgehead atoms. The maximum absolute atomic E-state index is 11.8. The van der Waals surface area contributed by atoms with E-state index in [0.29, 0.717) is 17.5 Å². The van der Waals surface area contributed by atoms with Gasteiger partial charge in [0.1, 0.15) is 11.6 Å². The van der Waals surface area contributed by atoms with Crippen molar-refractivity contribution in [2.45, 2.75) is 28.2 Å². The van der Waals surface area contributed by atoms with E-state index in [0.717, 1.165) is 47.7 Å². The molecule has 1 amide bonds. The number of pyridine rings is 2. The molecule has 252 valence electrons. The number of nitrogens with zero attached hydrogens (tertiary/aromatic N) is 7. The molecule has 0 saturated carbocycles. The summed E-state index contributed by atoms with van der Waals surface area (Å²) >= 11 is 6.91. The molecule has 0 aliphatic carbocycles. The van der Waals surface area contributed by atoms with Crippen LogP contribution in [0.15, 0.2) is 94.4 Å². The Bertz CT molecular complexity index is 2070. The quantitative estimate of drug-likeness (QED) is 0.138. The monoisotopic (exact) mass is 788 g/mol. The van der Waals surface area contributed by atoms with Crippen LogP contribution in [0.4, 0.5) is 11.6 Å². The summed E-state index contributed by atoms with van der Waals surface area (Å²) in [4.78, 5) is 59.4. The van der Waals surface area contributed by atoms with Gasteiger partial charge in [-0.2, -0.15) is 0 Å². The van der Waals surface area contributed by atoms with Crippen LogP contribution >= 0.6 is 31.9 Å². The Morgan fingerprint density at radius 1 is 0.714 bits per heavy atom. The second kappa shape index (κ2) is 17.8. The molecule has 14 heteroatoms. The highest BCUT2D eigenvalue weighted by molar-refractivity contribution is 9.10. The summed E-state index contributed by atoms with van der Waals surface area (Å²) < 4.78 is 5.89. The zero-order valence-corrected chi connectivity index (χ0v) is 29.8. The summed E-state index contributed by atoms with van der Waals surface area (Å²) in [6.45, 7) is 3.87. The van der Waals surface area contributed by atoms with Crippen LogP contribution in [-0.4, -0.2) is 61.8 Å². The van der Waals surface area contributed by atoms with E-state index in [1.54, 1.807) is 31.8 Å². The summed E-state index contributed by atoms with van der Waals surface area (Å²) in [7, 11) is 3.56. The molecule has 12 nitrogen and oxygen atoms in total. The van der Waals surface area contributed by atoms with Gasteiger partial charge in [0, 0.05) is 90.5 Å². The number of carbonyl (C=O) groups excluding carboxylic acids is 3. The number of rotatable bonds is 4. The summed E-state index contributed by atoms with van der Waals surface area (Å²) in [5.41, 5.74) is 3.40. The van der Waals surface area contributed by atoms with Gasteiger partial charge in [-0.3, -0.25) is 29.3 Å². The predicted molar refractivity (Wildman–Crippen MR) is 199 cm³/mol. The Balaban J connectivity index is 0.000000221. The first kappa shape index (κ1) is 38.2. The maximum atomic E-state index is 11.8. The SMILES string of the molecule is C.CC(=O)N(C)c1nc(-c2cccnc2)nc2ccc(Br)cc12.CC(=O)OC(C)=O.CNc1nc(-c2cccnc2)nc2ccc(Br)cc12. The molecule has 0 spiro atoms. The van der Waals surface area contributed by atoms with Crippen molar-refractivity contribution >= 4 is 83.1 Å². The fourth-order valence-electron chi connectivity index (χ4n) is 4.23. The molecule has 4 aromatic heterocycles. The van der Waals surface area contributed by atoms with Crippen LogP contribution in [0.5, 0.6) is 0 Å². The van der Waals surface area contributed by atoms with E-state index in [4.69, 9.17) is 0 Å². The van der Waals surface area contributed by atoms with Gasteiger partial charge in [-0.15, -0.1) is 0 Å². The second-order valence-corrected chi connectivity index (χ2v) is 11.8. The van der Waals surface area contributed by atoms with E-state index in [-0.39, 0.29) is 13.3 Å². The van der Waals surface area contributed by atoms with Gasteiger partial charge in [-0.25, -0.2) is 19.9 Å². The fourth-order valence-corrected chi connectivity index (χ4v) is 4.95. The largest absolute Gasteiger partial charge is 0.394 e. The van der Waals surface area contributed by atoms with Crippen molar-refractivity contribution in [3.05, 3.63) is 94.4 Å². The highest BCUT2D eigenvalue weighted by atomic mass is 79.9. The summed E-state index contributed by atoms with van der Waals surface area (Å²) in [5, 5.41) is 4.92. The fraction of sp³-hybridized carbons (Fsp3) is 0.171. The smallest absolute Gasteiger partial charge is 0.310 e. The standard InChI is InChI=1S/C16H13BrN4O.C14H11BrN4.C4H6O3.CH4/c1-10(22)21(2)16-13-8-12(17)5-6-14(13)19-15(20-16)11-4-3-7-18-9-11;1-16-14-11-7-10(15)4-5-12(11)18-13(19-14)9-3-2-6-17-8-9;1-3(5)7-4(2)6;/h3-9H,1-2H3;2-8H,1H3,(H,16,18,19);1-2H3;1H4. The number of hydrogen-bond acceptors (Lipinski definition) is 11. The predicted octanol–water partition coefficient (Wildman–Crippen LogP) is 7.67. The minimum atomic E-state index is -0.562. The molecule has 4 heterocycles. The number of nitrogens with one attached hydrogen (secondary N) is 1. The van der Waals surface area contributed by atoms with Crippen molar-refractivity contribution in [2.75, 3.05) is 24.3 Å². The first-order valence-corrected chi connectivity index (χ1v) is 15.9. The Labute approximate surface area is 300 Å². The normalized spacial score (nSPS) is 10.0. The van der Waals surface area contributed by atoms with E-state index in [9.17, 15) is 14.4 Å². The van der Waals surface area contributed by atoms with Crippen LogP contribution in [0.2, 0.25) is 0 Å². The third kappa shape index (κ3) is 10.4. The third-order valence-corrected chi connectivity index (χ3v) is 7.44. The molecule has 2 aromatic carbocycles. The molecule has 0 aliphatic rings. The number of ether oxygens (including phenoxy) is 1. The van der Waals surface area contributed by atoms with Crippen LogP contribution in [0.25, 0.3) is 44.6 Å². The molecule has 0 atom stereocenters. The number of anilines is 2. The molecule has 0 radical (unpaired) electrons. The molecule has 0 saturated heterocycles. The first-order valence-electron chi connectivity index (χ1n) is 14.3. The van der Waals surface area contributed by atoms with Crippen LogP contribution in [0.1, 0.15) is 28.2 Å². The number of aromatic nitrogens is 6. The molecule has 0 unspecified atom stereocenters.